The summed E-state index contributed by atoms with van der Waals surface area (Å²) >= 11 is 3.39. The Balaban J connectivity index is 2.09. The maximum atomic E-state index is 12.1. The third kappa shape index (κ3) is 3.61. The summed E-state index contributed by atoms with van der Waals surface area (Å²) in [6.45, 7) is 6.48. The van der Waals surface area contributed by atoms with Gasteiger partial charge in [-0.15, -0.1) is 0 Å². The third-order valence-corrected chi connectivity index (χ3v) is 4.54. The van der Waals surface area contributed by atoms with Crippen LogP contribution in [0.4, 0.5) is 5.69 Å². The number of aryl methyl sites for hydroxylation is 1. The van der Waals surface area contributed by atoms with Crippen molar-refractivity contribution < 1.29 is 4.74 Å². The van der Waals surface area contributed by atoms with E-state index in [1.165, 1.54) is 4.68 Å². The normalized spacial score (nSPS) is 17.9. The smallest absolute Gasteiger partial charge is 0.283 e. The second-order valence-electron chi connectivity index (χ2n) is 5.28. The van der Waals surface area contributed by atoms with Crippen molar-refractivity contribution in [3.8, 4) is 0 Å². The van der Waals surface area contributed by atoms with Gasteiger partial charge in [-0.05, 0) is 48.0 Å². The molecule has 0 bridgehead atoms. The fourth-order valence-corrected chi connectivity index (χ4v) is 2.94. The topological polar surface area (TPSA) is 56.1 Å². The van der Waals surface area contributed by atoms with Crippen LogP contribution in [0.3, 0.4) is 0 Å². The Labute approximate surface area is 127 Å². The summed E-state index contributed by atoms with van der Waals surface area (Å²) in [5.41, 5.74) is 0.706. The van der Waals surface area contributed by atoms with E-state index < -0.39 is 0 Å². The molecule has 0 saturated carbocycles. The van der Waals surface area contributed by atoms with Gasteiger partial charge >= 0.3 is 0 Å². The Hall–Kier alpha value is -0.880. The largest absolute Gasteiger partial charge is 0.381 e. The molecule has 1 aromatic heterocycles. The van der Waals surface area contributed by atoms with Crippen LogP contribution in [-0.2, 0) is 11.3 Å². The van der Waals surface area contributed by atoms with Crippen LogP contribution in [0.1, 0.15) is 33.1 Å². The van der Waals surface area contributed by atoms with Gasteiger partial charge in [0.15, 0.2) is 0 Å². The Morgan fingerprint density at radius 1 is 1.55 bits per heavy atom. The fraction of sp³-hybridized carbons (Fsp3) is 0.714. The Kier molecular flexibility index (Phi) is 5.60. The van der Waals surface area contributed by atoms with Crippen LogP contribution < -0.4 is 10.9 Å². The van der Waals surface area contributed by atoms with Crippen LogP contribution in [0.2, 0.25) is 0 Å². The zero-order valence-electron chi connectivity index (χ0n) is 12.1. The maximum Gasteiger partial charge on any atom is 0.283 e. The van der Waals surface area contributed by atoms with E-state index in [-0.39, 0.29) is 5.56 Å². The Morgan fingerprint density at radius 2 is 2.25 bits per heavy atom. The van der Waals surface area contributed by atoms with Crippen molar-refractivity contribution in [2.45, 2.75) is 45.7 Å². The van der Waals surface area contributed by atoms with Crippen LogP contribution in [0.15, 0.2) is 15.5 Å². The van der Waals surface area contributed by atoms with Gasteiger partial charge in [-0.2, -0.15) is 5.10 Å². The average Bonchev–Trinajstić information content (AvgIpc) is 2.48. The maximum absolute atomic E-state index is 12.1. The highest BCUT2D eigenvalue weighted by Gasteiger charge is 2.21. The summed E-state index contributed by atoms with van der Waals surface area (Å²) in [5.74, 6) is 0.578. The fourth-order valence-electron chi connectivity index (χ4n) is 2.52. The summed E-state index contributed by atoms with van der Waals surface area (Å²) in [7, 11) is 0. The SMILES string of the molecule is CCCn1ncc(NC(C)C2CCOCC2)c(Br)c1=O. The minimum absolute atomic E-state index is 0.0731. The van der Waals surface area contributed by atoms with Crippen LogP contribution in [0.25, 0.3) is 0 Å². The van der Waals surface area contributed by atoms with Crippen molar-refractivity contribution in [3.05, 3.63) is 21.0 Å². The number of halogens is 1. The number of nitrogens with one attached hydrogen (secondary N) is 1. The zero-order chi connectivity index (χ0) is 14.5. The number of aromatic nitrogens is 2. The molecule has 1 atom stereocenters. The van der Waals surface area contributed by atoms with Crippen molar-refractivity contribution >= 4 is 21.6 Å². The molecular weight excluding hydrogens is 322 g/mol. The lowest BCUT2D eigenvalue weighted by Crippen LogP contribution is -2.32. The number of nitrogens with zero attached hydrogens (tertiary/aromatic N) is 2. The van der Waals surface area contributed by atoms with Gasteiger partial charge in [0.1, 0.15) is 4.47 Å². The summed E-state index contributed by atoms with van der Waals surface area (Å²) in [4.78, 5) is 12.1. The summed E-state index contributed by atoms with van der Waals surface area (Å²) in [5, 5.41) is 7.63. The number of hydrogen-bond donors (Lipinski definition) is 1. The molecule has 1 saturated heterocycles. The minimum atomic E-state index is -0.0731. The van der Waals surface area contributed by atoms with E-state index in [1.807, 2.05) is 6.92 Å². The van der Waals surface area contributed by atoms with Gasteiger partial charge in [0, 0.05) is 25.8 Å². The standard InChI is InChI=1S/C14H22BrN3O2/c1-3-6-18-14(19)13(15)12(9-16-18)17-10(2)11-4-7-20-8-5-11/h9-11,17H,3-8H2,1-2H3. The molecule has 0 amide bonds. The molecule has 0 aliphatic carbocycles. The van der Waals surface area contributed by atoms with E-state index in [4.69, 9.17) is 4.74 Å². The monoisotopic (exact) mass is 343 g/mol. The molecule has 2 rings (SSSR count). The van der Waals surface area contributed by atoms with E-state index in [9.17, 15) is 4.79 Å². The molecule has 1 aromatic rings. The number of hydrogen-bond acceptors (Lipinski definition) is 4. The number of ether oxygens (including phenoxy) is 1. The average molecular weight is 344 g/mol. The molecule has 1 aliphatic heterocycles. The van der Waals surface area contributed by atoms with Crippen LogP contribution in [-0.4, -0.2) is 29.0 Å². The molecule has 5 nitrogen and oxygen atoms in total. The van der Waals surface area contributed by atoms with E-state index >= 15 is 0 Å². The van der Waals surface area contributed by atoms with Gasteiger partial charge in [-0.25, -0.2) is 4.68 Å². The summed E-state index contributed by atoms with van der Waals surface area (Å²) in [6, 6.07) is 0.304. The molecular formula is C14H22BrN3O2. The molecule has 1 fully saturated rings. The lowest BCUT2D eigenvalue weighted by atomic mass is 9.93. The van der Waals surface area contributed by atoms with Crippen molar-refractivity contribution in [1.29, 1.82) is 0 Å². The van der Waals surface area contributed by atoms with Gasteiger partial charge < -0.3 is 10.1 Å². The van der Waals surface area contributed by atoms with Gasteiger partial charge in [0.25, 0.3) is 5.56 Å². The minimum Gasteiger partial charge on any atom is -0.381 e. The van der Waals surface area contributed by atoms with Crippen molar-refractivity contribution in [2.75, 3.05) is 18.5 Å². The first-order chi connectivity index (χ1) is 9.63. The molecule has 1 N–H and O–H groups in total. The highest BCUT2D eigenvalue weighted by molar-refractivity contribution is 9.10. The quantitative estimate of drug-likeness (QED) is 0.892. The van der Waals surface area contributed by atoms with Gasteiger partial charge in [-0.3, -0.25) is 4.79 Å². The lowest BCUT2D eigenvalue weighted by molar-refractivity contribution is 0.0622. The van der Waals surface area contributed by atoms with Gasteiger partial charge in [-0.1, -0.05) is 6.92 Å². The predicted molar refractivity (Wildman–Crippen MR) is 83.1 cm³/mol. The molecule has 2 heterocycles. The summed E-state index contributed by atoms with van der Waals surface area (Å²) < 4.78 is 7.45. The Morgan fingerprint density at radius 3 is 2.90 bits per heavy atom. The van der Waals surface area contributed by atoms with Gasteiger partial charge in [0.05, 0.1) is 11.9 Å². The van der Waals surface area contributed by atoms with E-state index in [0.29, 0.717) is 23.0 Å². The second-order valence-corrected chi connectivity index (χ2v) is 6.08. The van der Waals surface area contributed by atoms with E-state index in [1.54, 1.807) is 6.20 Å². The van der Waals surface area contributed by atoms with Crippen molar-refractivity contribution in [1.82, 2.24) is 9.78 Å². The van der Waals surface area contributed by atoms with Crippen molar-refractivity contribution in [3.63, 3.8) is 0 Å². The van der Waals surface area contributed by atoms with E-state index in [2.05, 4.69) is 33.3 Å². The van der Waals surface area contributed by atoms with Crippen LogP contribution >= 0.6 is 15.9 Å². The molecule has 0 aromatic carbocycles. The molecule has 1 aliphatic rings. The molecule has 0 radical (unpaired) electrons. The molecule has 1 unspecified atom stereocenters. The molecule has 112 valence electrons. The van der Waals surface area contributed by atoms with Gasteiger partial charge in [0.2, 0.25) is 0 Å². The first-order valence-electron chi connectivity index (χ1n) is 7.23. The molecule has 6 heteroatoms. The third-order valence-electron chi connectivity index (χ3n) is 3.78. The van der Waals surface area contributed by atoms with E-state index in [0.717, 1.165) is 38.2 Å². The highest BCUT2D eigenvalue weighted by atomic mass is 79.9. The predicted octanol–water partition coefficient (Wildman–Crippen LogP) is 2.64. The lowest BCUT2D eigenvalue weighted by Gasteiger charge is -2.29. The number of rotatable bonds is 5. The summed E-state index contributed by atoms with van der Waals surface area (Å²) in [6.07, 6.45) is 4.75. The van der Waals surface area contributed by atoms with Crippen molar-refractivity contribution in [2.24, 2.45) is 5.92 Å². The highest BCUT2D eigenvalue weighted by Crippen LogP contribution is 2.24. The molecule has 20 heavy (non-hydrogen) atoms. The van der Waals surface area contributed by atoms with Crippen LogP contribution in [0, 0.1) is 5.92 Å². The molecule has 0 spiro atoms. The Bertz CT molecular complexity index is 498. The number of anilines is 1. The first kappa shape index (κ1) is 15.5. The van der Waals surface area contributed by atoms with Crippen LogP contribution in [0.5, 0.6) is 0 Å². The zero-order valence-corrected chi connectivity index (χ0v) is 13.6. The first-order valence-corrected chi connectivity index (χ1v) is 8.02. The second kappa shape index (κ2) is 7.22.